The van der Waals surface area contributed by atoms with Crippen molar-refractivity contribution in [3.8, 4) is 0 Å². The third kappa shape index (κ3) is 2.70. The molecule has 98 valence electrons. The van der Waals surface area contributed by atoms with E-state index in [2.05, 4.69) is 5.32 Å². The quantitative estimate of drug-likeness (QED) is 0.792. The van der Waals surface area contributed by atoms with Gasteiger partial charge in [0.25, 0.3) is 5.91 Å². The topological polar surface area (TPSA) is 82.8 Å². The summed E-state index contributed by atoms with van der Waals surface area (Å²) in [6.07, 6.45) is 1.53. The highest BCUT2D eigenvalue weighted by atomic mass is 16.3. The molecule has 1 saturated heterocycles. The molecule has 1 aromatic heterocycles. The summed E-state index contributed by atoms with van der Waals surface area (Å²) in [6, 6.07) is 2.51. The van der Waals surface area contributed by atoms with Crippen molar-refractivity contribution < 1.29 is 19.1 Å². The van der Waals surface area contributed by atoms with Crippen LogP contribution >= 0.6 is 0 Å². The molecule has 6 heteroatoms. The molecule has 2 heterocycles. The van der Waals surface area contributed by atoms with Crippen LogP contribution in [-0.2, 0) is 4.79 Å². The molecule has 2 amide bonds. The van der Waals surface area contributed by atoms with E-state index in [9.17, 15) is 14.7 Å². The van der Waals surface area contributed by atoms with E-state index in [0.717, 1.165) is 0 Å². The van der Waals surface area contributed by atoms with E-state index < -0.39 is 18.1 Å². The highest BCUT2D eigenvalue weighted by Gasteiger charge is 2.28. The van der Waals surface area contributed by atoms with Crippen LogP contribution in [0.4, 0.5) is 0 Å². The Bertz CT molecular complexity index is 429. The maximum atomic E-state index is 12.0. The number of hydrogen-bond donors (Lipinski definition) is 2. The fourth-order valence-corrected chi connectivity index (χ4v) is 1.95. The van der Waals surface area contributed by atoms with Crippen LogP contribution in [0, 0.1) is 0 Å². The molecule has 18 heavy (non-hydrogen) atoms. The lowest BCUT2D eigenvalue weighted by Gasteiger charge is -2.20. The Kier molecular flexibility index (Phi) is 3.66. The van der Waals surface area contributed by atoms with Crippen LogP contribution in [-0.4, -0.2) is 47.1 Å². The fourth-order valence-electron chi connectivity index (χ4n) is 1.95. The van der Waals surface area contributed by atoms with Gasteiger partial charge >= 0.3 is 0 Å². The minimum Gasteiger partial charge on any atom is -0.459 e. The van der Waals surface area contributed by atoms with Crippen LogP contribution < -0.4 is 5.32 Å². The van der Waals surface area contributed by atoms with Crippen molar-refractivity contribution in [1.29, 1.82) is 0 Å². The van der Waals surface area contributed by atoms with Gasteiger partial charge < -0.3 is 19.7 Å². The highest BCUT2D eigenvalue weighted by molar-refractivity contribution is 5.95. The molecule has 6 nitrogen and oxygen atoms in total. The van der Waals surface area contributed by atoms with Gasteiger partial charge in [0.2, 0.25) is 5.91 Å². The van der Waals surface area contributed by atoms with E-state index in [-0.39, 0.29) is 11.7 Å². The molecule has 1 aliphatic heterocycles. The van der Waals surface area contributed by atoms with Crippen LogP contribution in [0.25, 0.3) is 0 Å². The van der Waals surface area contributed by atoms with Crippen molar-refractivity contribution in [1.82, 2.24) is 10.2 Å². The van der Waals surface area contributed by atoms with Crippen LogP contribution in [0.5, 0.6) is 0 Å². The summed E-state index contributed by atoms with van der Waals surface area (Å²) in [6.45, 7) is 2.48. The zero-order valence-corrected chi connectivity index (χ0v) is 10.1. The molecular weight excluding hydrogens is 236 g/mol. The molecule has 1 unspecified atom stereocenters. The molecule has 0 aliphatic carbocycles. The Morgan fingerprint density at radius 3 is 2.94 bits per heavy atom. The monoisotopic (exact) mass is 252 g/mol. The summed E-state index contributed by atoms with van der Waals surface area (Å²) in [5, 5.41) is 11.9. The van der Waals surface area contributed by atoms with Gasteiger partial charge in [-0.2, -0.15) is 0 Å². The minimum absolute atomic E-state index is 0.177. The molecule has 0 bridgehead atoms. The van der Waals surface area contributed by atoms with Crippen molar-refractivity contribution in [2.45, 2.75) is 25.5 Å². The van der Waals surface area contributed by atoms with Crippen LogP contribution in [0.3, 0.4) is 0 Å². The van der Waals surface area contributed by atoms with Crippen molar-refractivity contribution in [3.05, 3.63) is 24.2 Å². The van der Waals surface area contributed by atoms with Gasteiger partial charge in [-0.1, -0.05) is 0 Å². The number of aliphatic hydroxyl groups is 1. The number of likely N-dealkylation sites (tertiary alicyclic amines) is 1. The summed E-state index contributed by atoms with van der Waals surface area (Å²) >= 11 is 0. The maximum absolute atomic E-state index is 12.0. The zero-order chi connectivity index (χ0) is 13.1. The molecule has 2 N–H and O–H groups in total. The second kappa shape index (κ2) is 5.22. The summed E-state index contributed by atoms with van der Waals surface area (Å²) in [5.41, 5.74) is 0. The average molecular weight is 252 g/mol. The number of hydrogen-bond acceptors (Lipinski definition) is 4. The summed E-state index contributed by atoms with van der Waals surface area (Å²) in [4.78, 5) is 25.2. The molecule has 0 spiro atoms. The average Bonchev–Trinajstić information content (AvgIpc) is 2.98. The van der Waals surface area contributed by atoms with Crippen molar-refractivity contribution >= 4 is 11.8 Å². The van der Waals surface area contributed by atoms with Gasteiger partial charge in [-0.05, 0) is 25.5 Å². The standard InChI is InChI=1S/C12H16N2O4/c1-8(12(17)14-5-4-9(15)7-14)13-11(16)10-3-2-6-18-10/h2-3,6,8-9,15H,4-5,7H2,1H3,(H,13,16)/t8?,9-/m1/s1. The molecule has 0 radical (unpaired) electrons. The second-order valence-electron chi connectivity index (χ2n) is 4.40. The second-order valence-corrected chi connectivity index (χ2v) is 4.40. The molecule has 1 aromatic rings. The molecule has 0 aromatic carbocycles. The van der Waals surface area contributed by atoms with E-state index in [1.165, 1.54) is 12.3 Å². The minimum atomic E-state index is -0.632. The highest BCUT2D eigenvalue weighted by Crippen LogP contribution is 2.10. The molecule has 1 fully saturated rings. The third-order valence-corrected chi connectivity index (χ3v) is 2.94. The van der Waals surface area contributed by atoms with Gasteiger partial charge in [0, 0.05) is 13.1 Å². The Morgan fingerprint density at radius 2 is 2.39 bits per heavy atom. The smallest absolute Gasteiger partial charge is 0.287 e. The maximum Gasteiger partial charge on any atom is 0.287 e. The third-order valence-electron chi connectivity index (χ3n) is 2.94. The lowest BCUT2D eigenvalue weighted by atomic mass is 10.2. The number of carbonyl (C=O) groups is 2. The van der Waals surface area contributed by atoms with E-state index >= 15 is 0 Å². The summed E-state index contributed by atoms with van der Waals surface area (Å²) < 4.78 is 4.94. The largest absolute Gasteiger partial charge is 0.459 e. The van der Waals surface area contributed by atoms with E-state index in [1.54, 1.807) is 17.9 Å². The first-order valence-corrected chi connectivity index (χ1v) is 5.89. The number of nitrogens with one attached hydrogen (secondary N) is 1. The molecule has 2 atom stereocenters. The van der Waals surface area contributed by atoms with Crippen LogP contribution in [0.2, 0.25) is 0 Å². The van der Waals surface area contributed by atoms with Gasteiger partial charge in [0.05, 0.1) is 12.4 Å². The Labute approximate surface area is 105 Å². The number of β-amino-alcohol motifs (C(OH)–C–C–N with tert-alkyl or cyclic N) is 1. The van der Waals surface area contributed by atoms with Gasteiger partial charge in [0.15, 0.2) is 5.76 Å². The molecule has 2 rings (SSSR count). The Hall–Kier alpha value is -1.82. The molecule has 1 aliphatic rings. The normalized spacial score (nSPS) is 20.8. The van der Waals surface area contributed by atoms with E-state index in [4.69, 9.17) is 4.42 Å². The first kappa shape index (κ1) is 12.6. The van der Waals surface area contributed by atoms with Crippen molar-refractivity contribution in [2.75, 3.05) is 13.1 Å². The number of furan rings is 1. The van der Waals surface area contributed by atoms with Gasteiger partial charge in [0.1, 0.15) is 6.04 Å². The summed E-state index contributed by atoms with van der Waals surface area (Å²) in [7, 11) is 0. The number of carbonyl (C=O) groups excluding carboxylic acids is 2. The lowest BCUT2D eigenvalue weighted by molar-refractivity contribution is -0.132. The fraction of sp³-hybridized carbons (Fsp3) is 0.500. The summed E-state index contributed by atoms with van der Waals surface area (Å²) in [5.74, 6) is -0.428. The van der Waals surface area contributed by atoms with Crippen molar-refractivity contribution in [2.24, 2.45) is 0 Å². The van der Waals surface area contributed by atoms with Crippen LogP contribution in [0.15, 0.2) is 22.8 Å². The zero-order valence-electron chi connectivity index (χ0n) is 10.1. The first-order valence-electron chi connectivity index (χ1n) is 5.89. The Balaban J connectivity index is 1.89. The SMILES string of the molecule is CC(NC(=O)c1ccco1)C(=O)N1CC[C@@H](O)C1. The number of aliphatic hydroxyl groups excluding tert-OH is 1. The van der Waals surface area contributed by atoms with Gasteiger partial charge in [-0.15, -0.1) is 0 Å². The van der Waals surface area contributed by atoms with Gasteiger partial charge in [-0.3, -0.25) is 9.59 Å². The predicted molar refractivity (Wildman–Crippen MR) is 62.8 cm³/mol. The molecule has 0 saturated carbocycles. The van der Waals surface area contributed by atoms with Gasteiger partial charge in [-0.25, -0.2) is 0 Å². The number of nitrogens with zero attached hydrogens (tertiary/aromatic N) is 1. The number of amides is 2. The Morgan fingerprint density at radius 1 is 1.61 bits per heavy atom. The predicted octanol–water partition coefficient (Wildman–Crippen LogP) is -0.00890. The number of rotatable bonds is 3. The van der Waals surface area contributed by atoms with E-state index in [0.29, 0.717) is 19.5 Å². The van der Waals surface area contributed by atoms with Crippen molar-refractivity contribution in [3.63, 3.8) is 0 Å². The molecular formula is C12H16N2O4. The van der Waals surface area contributed by atoms with Crippen LogP contribution in [0.1, 0.15) is 23.9 Å². The lowest BCUT2D eigenvalue weighted by Crippen LogP contribution is -2.46. The first-order chi connectivity index (χ1) is 8.58. The van der Waals surface area contributed by atoms with E-state index in [1.807, 2.05) is 0 Å².